The van der Waals surface area contributed by atoms with Crippen LogP contribution in [0.2, 0.25) is 0 Å². The number of hydrogen-bond acceptors (Lipinski definition) is 3. The smallest absolute Gasteiger partial charge is 0.0869 e. The number of rotatable bonds is 8. The lowest BCUT2D eigenvalue weighted by Gasteiger charge is -2.30. The van der Waals surface area contributed by atoms with Gasteiger partial charge in [0.25, 0.3) is 0 Å². The molecule has 0 saturated heterocycles. The highest BCUT2D eigenvalue weighted by Crippen LogP contribution is 2.19. The minimum absolute atomic E-state index is 0.319. The molecule has 108 valence electrons. The maximum absolute atomic E-state index is 10.3. The molecule has 19 heavy (non-hydrogen) atoms. The predicted molar refractivity (Wildman–Crippen MR) is 81.3 cm³/mol. The molecule has 0 aliphatic carbocycles. The first kappa shape index (κ1) is 16.2. The van der Waals surface area contributed by atoms with Crippen LogP contribution in [0.15, 0.2) is 30.3 Å². The van der Waals surface area contributed by atoms with Gasteiger partial charge in [0.2, 0.25) is 0 Å². The van der Waals surface area contributed by atoms with Crippen molar-refractivity contribution in [1.82, 2.24) is 10.2 Å². The summed E-state index contributed by atoms with van der Waals surface area (Å²) >= 11 is 0. The van der Waals surface area contributed by atoms with E-state index in [-0.39, 0.29) is 0 Å². The summed E-state index contributed by atoms with van der Waals surface area (Å²) in [6, 6.07) is 10.8. The minimum Gasteiger partial charge on any atom is -0.388 e. The summed E-state index contributed by atoms with van der Waals surface area (Å²) < 4.78 is 0. The van der Waals surface area contributed by atoms with Crippen LogP contribution in [0.5, 0.6) is 0 Å². The number of hydrogen-bond donors (Lipinski definition) is 2. The molecule has 1 rings (SSSR count). The maximum atomic E-state index is 10.3. The van der Waals surface area contributed by atoms with E-state index in [1.165, 1.54) is 5.56 Å². The Morgan fingerprint density at radius 2 is 1.89 bits per heavy atom. The van der Waals surface area contributed by atoms with Crippen molar-refractivity contribution < 1.29 is 5.11 Å². The third-order valence-electron chi connectivity index (χ3n) is 3.17. The van der Waals surface area contributed by atoms with E-state index < -0.39 is 5.60 Å². The van der Waals surface area contributed by atoms with E-state index in [9.17, 15) is 5.11 Å². The van der Waals surface area contributed by atoms with Gasteiger partial charge in [-0.05, 0) is 33.0 Å². The van der Waals surface area contributed by atoms with E-state index in [1.807, 2.05) is 32.0 Å². The van der Waals surface area contributed by atoms with E-state index in [0.29, 0.717) is 19.1 Å². The molecule has 0 amide bonds. The fourth-order valence-corrected chi connectivity index (χ4v) is 2.44. The summed E-state index contributed by atoms with van der Waals surface area (Å²) in [4.78, 5) is 2.01. The Kier molecular flexibility index (Phi) is 6.49. The van der Waals surface area contributed by atoms with Gasteiger partial charge in [0.05, 0.1) is 5.60 Å². The van der Waals surface area contributed by atoms with Crippen molar-refractivity contribution in [2.75, 3.05) is 27.2 Å². The Morgan fingerprint density at radius 1 is 1.26 bits per heavy atom. The molecule has 0 bridgehead atoms. The van der Waals surface area contributed by atoms with Gasteiger partial charge in [-0.25, -0.2) is 0 Å². The van der Waals surface area contributed by atoms with Gasteiger partial charge in [0, 0.05) is 19.1 Å². The van der Waals surface area contributed by atoms with Gasteiger partial charge in [0.15, 0.2) is 0 Å². The van der Waals surface area contributed by atoms with Gasteiger partial charge < -0.3 is 15.3 Å². The van der Waals surface area contributed by atoms with Crippen LogP contribution in [-0.2, 0) is 0 Å². The van der Waals surface area contributed by atoms with E-state index in [1.54, 1.807) is 0 Å². The number of nitrogens with one attached hydrogen (secondary N) is 1. The van der Waals surface area contributed by atoms with Crippen molar-refractivity contribution in [3.63, 3.8) is 0 Å². The average Bonchev–Trinajstić information content (AvgIpc) is 2.34. The molecule has 1 aromatic carbocycles. The molecule has 0 spiro atoms. The fourth-order valence-electron chi connectivity index (χ4n) is 2.44. The lowest BCUT2D eigenvalue weighted by molar-refractivity contribution is 0.0310. The van der Waals surface area contributed by atoms with Crippen LogP contribution >= 0.6 is 0 Å². The summed E-state index contributed by atoms with van der Waals surface area (Å²) in [5, 5.41) is 13.9. The summed E-state index contributed by atoms with van der Waals surface area (Å²) in [7, 11) is 3.96. The van der Waals surface area contributed by atoms with Crippen molar-refractivity contribution in [3.8, 4) is 0 Å². The first-order valence-electron chi connectivity index (χ1n) is 7.10. The van der Waals surface area contributed by atoms with Gasteiger partial charge >= 0.3 is 0 Å². The Morgan fingerprint density at radius 3 is 2.42 bits per heavy atom. The van der Waals surface area contributed by atoms with Gasteiger partial charge in [0.1, 0.15) is 0 Å². The summed E-state index contributed by atoms with van der Waals surface area (Å²) in [5.74, 6) is 0. The van der Waals surface area contributed by atoms with Crippen LogP contribution in [0.25, 0.3) is 0 Å². The number of nitrogens with zero attached hydrogens (tertiary/aromatic N) is 1. The van der Waals surface area contributed by atoms with Crippen molar-refractivity contribution >= 4 is 0 Å². The molecule has 2 atom stereocenters. The quantitative estimate of drug-likeness (QED) is 0.757. The Labute approximate surface area is 117 Å². The van der Waals surface area contributed by atoms with Crippen molar-refractivity contribution in [2.45, 2.75) is 38.3 Å². The van der Waals surface area contributed by atoms with E-state index in [4.69, 9.17) is 0 Å². The highest BCUT2D eigenvalue weighted by atomic mass is 16.3. The second-order valence-electron chi connectivity index (χ2n) is 5.87. The molecule has 0 aliphatic heterocycles. The molecule has 0 aromatic heterocycles. The van der Waals surface area contributed by atoms with Gasteiger partial charge in [-0.1, -0.05) is 43.7 Å². The van der Waals surface area contributed by atoms with Crippen LogP contribution in [0.1, 0.15) is 38.3 Å². The third kappa shape index (κ3) is 6.19. The zero-order chi connectivity index (χ0) is 14.3. The normalized spacial score (nSPS) is 16.3. The zero-order valence-electron chi connectivity index (χ0n) is 12.7. The molecule has 0 aliphatic rings. The lowest BCUT2D eigenvalue weighted by atomic mass is 10.00. The van der Waals surface area contributed by atoms with Gasteiger partial charge in [-0.3, -0.25) is 0 Å². The fraction of sp³-hybridized carbons (Fsp3) is 0.625. The molecule has 0 heterocycles. The predicted octanol–water partition coefficient (Wildman–Crippen LogP) is 2.43. The van der Waals surface area contributed by atoms with Crippen LogP contribution in [0.3, 0.4) is 0 Å². The second-order valence-corrected chi connectivity index (χ2v) is 5.87. The Bertz CT molecular complexity index is 349. The lowest BCUT2D eigenvalue weighted by Crippen LogP contribution is -2.46. The monoisotopic (exact) mass is 264 g/mol. The summed E-state index contributed by atoms with van der Waals surface area (Å²) in [5.41, 5.74) is 0.592. The number of aliphatic hydroxyl groups is 1. The summed E-state index contributed by atoms with van der Waals surface area (Å²) in [6.07, 6.45) is 2.21. The second kappa shape index (κ2) is 7.63. The van der Waals surface area contributed by atoms with Crippen LogP contribution in [0, 0.1) is 0 Å². The number of benzene rings is 1. The molecule has 0 radical (unpaired) electrons. The molecule has 0 fully saturated rings. The molecular weight excluding hydrogens is 236 g/mol. The molecule has 2 N–H and O–H groups in total. The van der Waals surface area contributed by atoms with Crippen molar-refractivity contribution in [3.05, 3.63) is 35.9 Å². The zero-order valence-corrected chi connectivity index (χ0v) is 12.7. The van der Waals surface area contributed by atoms with Gasteiger partial charge in [-0.15, -0.1) is 0 Å². The van der Waals surface area contributed by atoms with Crippen LogP contribution < -0.4 is 5.32 Å². The average molecular weight is 264 g/mol. The Balaban J connectivity index is 2.60. The molecule has 2 unspecified atom stereocenters. The topological polar surface area (TPSA) is 35.5 Å². The van der Waals surface area contributed by atoms with Crippen molar-refractivity contribution in [2.24, 2.45) is 0 Å². The van der Waals surface area contributed by atoms with E-state index in [2.05, 4.69) is 36.5 Å². The first-order chi connectivity index (χ1) is 8.94. The van der Waals surface area contributed by atoms with E-state index in [0.717, 1.165) is 12.8 Å². The van der Waals surface area contributed by atoms with E-state index >= 15 is 0 Å². The molecule has 3 nitrogen and oxygen atoms in total. The largest absolute Gasteiger partial charge is 0.388 e. The van der Waals surface area contributed by atoms with Crippen molar-refractivity contribution in [1.29, 1.82) is 0 Å². The SMILES string of the molecule is CCCC(NCC(C)(O)CN(C)C)c1ccccc1. The summed E-state index contributed by atoms with van der Waals surface area (Å²) in [6.45, 7) is 5.34. The molecule has 0 saturated carbocycles. The molecule has 3 heteroatoms. The standard InChI is InChI=1S/C16H28N2O/c1-5-9-15(14-10-7-6-8-11-14)17-12-16(2,19)13-18(3)4/h6-8,10-11,15,17,19H,5,9,12-13H2,1-4H3. The van der Waals surface area contributed by atoms with Gasteiger partial charge in [-0.2, -0.15) is 0 Å². The minimum atomic E-state index is -0.704. The third-order valence-corrected chi connectivity index (χ3v) is 3.17. The molecular formula is C16H28N2O. The maximum Gasteiger partial charge on any atom is 0.0869 e. The number of likely N-dealkylation sites (N-methyl/N-ethyl adjacent to an activating group) is 1. The van der Waals surface area contributed by atoms with Crippen LogP contribution in [0.4, 0.5) is 0 Å². The molecule has 1 aromatic rings. The highest BCUT2D eigenvalue weighted by molar-refractivity contribution is 5.18. The van der Waals surface area contributed by atoms with Crippen LogP contribution in [-0.4, -0.2) is 42.8 Å². The Hall–Kier alpha value is -0.900. The highest BCUT2D eigenvalue weighted by Gasteiger charge is 2.22. The first-order valence-corrected chi connectivity index (χ1v) is 7.10.